The van der Waals surface area contributed by atoms with E-state index in [1.807, 2.05) is 12.1 Å². The third kappa shape index (κ3) is 4.83. The van der Waals surface area contributed by atoms with Gasteiger partial charge in [0.2, 0.25) is 0 Å². The van der Waals surface area contributed by atoms with Gasteiger partial charge in [-0.1, -0.05) is 184 Å². The van der Waals surface area contributed by atoms with Gasteiger partial charge < -0.3 is 4.42 Å². The maximum atomic E-state index is 6.11. The van der Waals surface area contributed by atoms with Gasteiger partial charge in [-0.25, -0.2) is 0 Å². The van der Waals surface area contributed by atoms with Gasteiger partial charge >= 0.3 is 0 Å². The Kier molecular flexibility index (Phi) is 7.04. The summed E-state index contributed by atoms with van der Waals surface area (Å²) in [6.45, 7) is 4.77. The van der Waals surface area contributed by atoms with Crippen molar-refractivity contribution in [2.75, 3.05) is 0 Å². The van der Waals surface area contributed by atoms with E-state index in [-0.39, 0.29) is 5.41 Å². The van der Waals surface area contributed by atoms with Crippen molar-refractivity contribution in [2.24, 2.45) is 0 Å². The molecule has 10 aromatic carbocycles. The van der Waals surface area contributed by atoms with Crippen molar-refractivity contribution in [1.82, 2.24) is 0 Å². The molecule has 58 heavy (non-hydrogen) atoms. The van der Waals surface area contributed by atoms with Gasteiger partial charge in [-0.2, -0.15) is 0 Å². The number of para-hydroxylation sites is 1. The van der Waals surface area contributed by atoms with Crippen molar-refractivity contribution in [3.05, 3.63) is 205 Å². The highest BCUT2D eigenvalue weighted by molar-refractivity contribution is 6.21. The summed E-state index contributed by atoms with van der Waals surface area (Å²) in [4.78, 5) is 0. The second-order valence-electron chi connectivity index (χ2n) is 16.4. The van der Waals surface area contributed by atoms with Crippen LogP contribution in [0.4, 0.5) is 0 Å². The van der Waals surface area contributed by atoms with Gasteiger partial charge in [0.05, 0.1) is 0 Å². The lowest BCUT2D eigenvalue weighted by molar-refractivity contribution is 0.666. The molecule has 1 aliphatic carbocycles. The number of rotatable bonds is 4. The highest BCUT2D eigenvalue weighted by atomic mass is 16.3. The average Bonchev–Trinajstić information content (AvgIpc) is 3.76. The van der Waals surface area contributed by atoms with Gasteiger partial charge in [-0.05, 0) is 123 Å². The molecular formula is C57H38O. The quantitative estimate of drug-likeness (QED) is 0.164. The van der Waals surface area contributed by atoms with Crippen molar-refractivity contribution in [3.63, 3.8) is 0 Å². The molecule has 11 aromatic rings. The molecule has 12 rings (SSSR count). The van der Waals surface area contributed by atoms with Crippen LogP contribution in [-0.2, 0) is 5.41 Å². The number of fused-ring (bicyclic) bond motifs is 10. The molecule has 0 aliphatic heterocycles. The number of benzene rings is 10. The molecule has 0 fully saturated rings. The van der Waals surface area contributed by atoms with Crippen molar-refractivity contribution in [1.29, 1.82) is 0 Å². The van der Waals surface area contributed by atoms with Gasteiger partial charge in [0, 0.05) is 16.2 Å². The summed E-state index contributed by atoms with van der Waals surface area (Å²) in [6.07, 6.45) is 0. The summed E-state index contributed by atoms with van der Waals surface area (Å²) < 4.78 is 6.11. The van der Waals surface area contributed by atoms with Gasteiger partial charge in [0.15, 0.2) is 0 Å². The Balaban J connectivity index is 0.931. The Morgan fingerprint density at radius 3 is 1.40 bits per heavy atom. The van der Waals surface area contributed by atoms with Crippen LogP contribution in [0.1, 0.15) is 25.0 Å². The van der Waals surface area contributed by atoms with Gasteiger partial charge in [0.1, 0.15) is 11.2 Å². The summed E-state index contributed by atoms with van der Waals surface area (Å²) in [5, 5.41) is 9.98. The lowest BCUT2D eigenvalue weighted by Crippen LogP contribution is -2.15. The average molecular weight is 739 g/mol. The SMILES string of the molecule is CC1(C)c2cc(-c3ccc(-c4c5ccccc5c(-c5ccc(-c6ccc7oc8ccccc8c7c6)cc5)c5ccccc45)cc3)ccc2-c2ccc3ccccc3c21. The molecule has 0 N–H and O–H groups in total. The third-order valence-electron chi connectivity index (χ3n) is 12.9. The van der Waals surface area contributed by atoms with E-state index in [9.17, 15) is 0 Å². The zero-order chi connectivity index (χ0) is 38.5. The minimum atomic E-state index is -0.0920. The van der Waals surface area contributed by atoms with Crippen LogP contribution in [0.15, 0.2) is 199 Å². The van der Waals surface area contributed by atoms with Gasteiger partial charge in [0.25, 0.3) is 0 Å². The topological polar surface area (TPSA) is 13.1 Å². The largest absolute Gasteiger partial charge is 0.456 e. The monoisotopic (exact) mass is 738 g/mol. The minimum Gasteiger partial charge on any atom is -0.456 e. The minimum absolute atomic E-state index is 0.0920. The van der Waals surface area contributed by atoms with E-state index in [2.05, 4.69) is 196 Å². The molecule has 0 amide bonds. The van der Waals surface area contributed by atoms with Gasteiger partial charge in [-0.3, -0.25) is 0 Å². The summed E-state index contributed by atoms with van der Waals surface area (Å²) in [5.74, 6) is 0. The van der Waals surface area contributed by atoms with Crippen LogP contribution >= 0.6 is 0 Å². The lowest BCUT2D eigenvalue weighted by atomic mass is 9.79. The first-order valence-corrected chi connectivity index (χ1v) is 20.2. The fourth-order valence-corrected chi connectivity index (χ4v) is 10.1. The van der Waals surface area contributed by atoms with Crippen LogP contribution in [-0.4, -0.2) is 0 Å². The third-order valence-corrected chi connectivity index (χ3v) is 12.9. The van der Waals surface area contributed by atoms with Crippen LogP contribution in [0.2, 0.25) is 0 Å². The fraction of sp³-hybridized carbons (Fsp3) is 0.0526. The lowest BCUT2D eigenvalue weighted by Gasteiger charge is -2.23. The predicted molar refractivity (Wildman–Crippen MR) is 246 cm³/mol. The second kappa shape index (κ2) is 12.4. The molecule has 0 spiro atoms. The van der Waals surface area contributed by atoms with E-state index in [1.165, 1.54) is 99.1 Å². The van der Waals surface area contributed by atoms with Crippen LogP contribution < -0.4 is 0 Å². The second-order valence-corrected chi connectivity index (χ2v) is 16.4. The number of furan rings is 1. The number of hydrogen-bond donors (Lipinski definition) is 0. The van der Waals surface area contributed by atoms with Crippen LogP contribution in [0.5, 0.6) is 0 Å². The highest BCUT2D eigenvalue weighted by Crippen LogP contribution is 2.52. The van der Waals surface area contributed by atoms with E-state index < -0.39 is 0 Å². The molecule has 0 radical (unpaired) electrons. The zero-order valence-electron chi connectivity index (χ0n) is 32.4. The predicted octanol–water partition coefficient (Wildman–Crippen LogP) is 16.0. The Morgan fingerprint density at radius 2 is 0.776 bits per heavy atom. The summed E-state index contributed by atoms with van der Waals surface area (Å²) in [7, 11) is 0. The summed E-state index contributed by atoms with van der Waals surface area (Å²) in [6, 6.07) is 71.4. The summed E-state index contributed by atoms with van der Waals surface area (Å²) >= 11 is 0. The first kappa shape index (κ1) is 33.0. The van der Waals surface area contributed by atoms with Crippen molar-refractivity contribution in [3.8, 4) is 55.6 Å². The van der Waals surface area contributed by atoms with Crippen molar-refractivity contribution < 1.29 is 4.42 Å². The molecule has 1 heteroatoms. The normalized spacial score (nSPS) is 13.1. The molecule has 0 saturated carbocycles. The van der Waals surface area contributed by atoms with E-state index in [1.54, 1.807) is 0 Å². The molecule has 0 bridgehead atoms. The zero-order valence-corrected chi connectivity index (χ0v) is 32.4. The first-order chi connectivity index (χ1) is 28.5. The Morgan fingerprint density at radius 1 is 0.328 bits per heavy atom. The van der Waals surface area contributed by atoms with Crippen LogP contribution in [0.25, 0.3) is 110 Å². The summed E-state index contributed by atoms with van der Waals surface area (Å²) in [5.41, 5.74) is 17.1. The van der Waals surface area contributed by atoms with E-state index in [0.717, 1.165) is 21.9 Å². The van der Waals surface area contributed by atoms with Crippen LogP contribution in [0.3, 0.4) is 0 Å². The molecular weight excluding hydrogens is 701 g/mol. The highest BCUT2D eigenvalue weighted by Gasteiger charge is 2.37. The molecule has 1 heterocycles. The first-order valence-electron chi connectivity index (χ1n) is 20.2. The number of hydrogen-bond acceptors (Lipinski definition) is 1. The van der Waals surface area contributed by atoms with Gasteiger partial charge in [-0.15, -0.1) is 0 Å². The standard InChI is InChI=1S/C57H38O/c1-57(2)51-34-41(28-30-43(51)49-31-27-37-11-3-4-12-42(37)56(49)57)36-21-25-39(26-22-36)55-47-16-7-5-14-45(47)54(46-15-6-8-17-48(46)55)38-23-19-35(20-24-38)40-29-32-53-50(33-40)44-13-9-10-18-52(44)58-53/h3-34H,1-2H3. The molecule has 272 valence electrons. The smallest absolute Gasteiger partial charge is 0.135 e. The maximum absolute atomic E-state index is 6.11. The Bertz CT molecular complexity index is 3390. The van der Waals surface area contributed by atoms with E-state index >= 15 is 0 Å². The molecule has 1 aromatic heterocycles. The van der Waals surface area contributed by atoms with Crippen molar-refractivity contribution in [2.45, 2.75) is 19.3 Å². The molecule has 0 saturated heterocycles. The molecule has 1 nitrogen and oxygen atoms in total. The Hall–Kier alpha value is -7.22. The van der Waals surface area contributed by atoms with Crippen molar-refractivity contribution >= 4 is 54.3 Å². The fourth-order valence-electron chi connectivity index (χ4n) is 10.1. The molecule has 1 aliphatic rings. The maximum Gasteiger partial charge on any atom is 0.135 e. The van der Waals surface area contributed by atoms with Crippen LogP contribution in [0, 0.1) is 0 Å². The van der Waals surface area contributed by atoms with E-state index in [4.69, 9.17) is 4.42 Å². The molecule has 0 unspecified atom stereocenters. The van der Waals surface area contributed by atoms with E-state index in [0.29, 0.717) is 0 Å². The molecule has 0 atom stereocenters. The Labute approximate surface area is 337 Å².